The summed E-state index contributed by atoms with van der Waals surface area (Å²) in [5, 5.41) is 14.2. The summed E-state index contributed by atoms with van der Waals surface area (Å²) >= 11 is 0. The molecule has 1 aliphatic rings. The van der Waals surface area contributed by atoms with Crippen molar-refractivity contribution in [2.45, 2.75) is 12.8 Å². The summed E-state index contributed by atoms with van der Waals surface area (Å²) in [5.74, 6) is 0.395. The second-order valence-electron chi connectivity index (χ2n) is 4.03. The molecule has 0 unspecified atom stereocenters. The van der Waals surface area contributed by atoms with Gasteiger partial charge in [-0.2, -0.15) is 0 Å². The van der Waals surface area contributed by atoms with Gasteiger partial charge >= 0.3 is 0 Å². The summed E-state index contributed by atoms with van der Waals surface area (Å²) in [7, 11) is 0. The highest BCUT2D eigenvalue weighted by Crippen LogP contribution is 2.31. The summed E-state index contributed by atoms with van der Waals surface area (Å²) in [4.78, 5) is 3.40. The van der Waals surface area contributed by atoms with E-state index in [1.54, 1.807) is 6.07 Å². The Hall–Kier alpha value is -1.48. The molecule has 3 nitrogen and oxygen atoms in total. The second-order valence-corrected chi connectivity index (χ2v) is 4.03. The van der Waals surface area contributed by atoms with Crippen LogP contribution in [0, 0.1) is 0 Å². The first-order valence-corrected chi connectivity index (χ1v) is 5.38. The Labute approximate surface area is 88.1 Å². The number of hydrogen-bond donors (Lipinski definition) is 3. The van der Waals surface area contributed by atoms with Crippen LogP contribution in [0.3, 0.4) is 0 Å². The lowest BCUT2D eigenvalue weighted by atomic mass is 10.1. The number of phenolic OH excluding ortho intramolecular Hbond substituents is 1. The number of aromatic hydroxyl groups is 1. The molecule has 3 heteroatoms. The van der Waals surface area contributed by atoms with E-state index in [-0.39, 0.29) is 0 Å². The SMILES string of the molecule is Oc1cccc2[nH]c3c(c12)CCNCC3. The summed E-state index contributed by atoms with van der Waals surface area (Å²) < 4.78 is 0. The molecule has 0 atom stereocenters. The monoisotopic (exact) mass is 202 g/mol. The average molecular weight is 202 g/mol. The fourth-order valence-electron chi connectivity index (χ4n) is 2.39. The normalized spacial score (nSPS) is 16.3. The topological polar surface area (TPSA) is 48.0 Å². The lowest BCUT2D eigenvalue weighted by molar-refractivity contribution is 0.481. The molecule has 0 aliphatic carbocycles. The van der Waals surface area contributed by atoms with Crippen molar-refractivity contribution in [1.82, 2.24) is 10.3 Å². The van der Waals surface area contributed by atoms with Crippen LogP contribution >= 0.6 is 0 Å². The van der Waals surface area contributed by atoms with E-state index in [1.165, 1.54) is 11.3 Å². The summed E-state index contributed by atoms with van der Waals surface area (Å²) in [6, 6.07) is 5.66. The standard InChI is InChI=1S/C12H14N2O/c15-11-3-1-2-10-12(11)8-4-6-13-7-5-9(8)14-10/h1-3,13-15H,4-7H2. The van der Waals surface area contributed by atoms with E-state index >= 15 is 0 Å². The molecule has 0 fully saturated rings. The van der Waals surface area contributed by atoms with Crippen molar-refractivity contribution in [2.24, 2.45) is 0 Å². The van der Waals surface area contributed by atoms with Gasteiger partial charge in [-0.3, -0.25) is 0 Å². The van der Waals surface area contributed by atoms with Crippen LogP contribution < -0.4 is 5.32 Å². The Kier molecular flexibility index (Phi) is 1.92. The van der Waals surface area contributed by atoms with E-state index in [2.05, 4.69) is 10.3 Å². The predicted molar refractivity (Wildman–Crippen MR) is 60.2 cm³/mol. The fraction of sp³-hybridized carbons (Fsp3) is 0.333. The molecule has 0 saturated carbocycles. The molecule has 2 heterocycles. The minimum Gasteiger partial charge on any atom is -0.507 e. The molecule has 0 amide bonds. The highest BCUT2D eigenvalue weighted by molar-refractivity contribution is 5.90. The first-order valence-electron chi connectivity index (χ1n) is 5.38. The van der Waals surface area contributed by atoms with Gasteiger partial charge in [0.2, 0.25) is 0 Å². The van der Waals surface area contributed by atoms with E-state index in [0.717, 1.165) is 36.8 Å². The minimum atomic E-state index is 0.395. The molecule has 3 N–H and O–H groups in total. The van der Waals surface area contributed by atoms with Crippen LogP contribution in [0.1, 0.15) is 11.3 Å². The van der Waals surface area contributed by atoms with Gasteiger partial charge in [0.05, 0.1) is 0 Å². The lowest BCUT2D eigenvalue weighted by Crippen LogP contribution is -2.16. The van der Waals surface area contributed by atoms with Crippen molar-refractivity contribution in [2.75, 3.05) is 13.1 Å². The van der Waals surface area contributed by atoms with E-state index in [4.69, 9.17) is 0 Å². The first kappa shape index (κ1) is 8.80. The molecule has 15 heavy (non-hydrogen) atoms. The number of aromatic amines is 1. The minimum absolute atomic E-state index is 0.395. The Balaban J connectivity index is 2.29. The smallest absolute Gasteiger partial charge is 0.125 e. The Morgan fingerprint density at radius 3 is 2.93 bits per heavy atom. The number of H-pyrrole nitrogens is 1. The van der Waals surface area contributed by atoms with E-state index < -0.39 is 0 Å². The molecule has 1 aromatic heterocycles. The number of rotatable bonds is 0. The zero-order valence-corrected chi connectivity index (χ0v) is 8.51. The van der Waals surface area contributed by atoms with Gasteiger partial charge in [0, 0.05) is 29.6 Å². The Morgan fingerprint density at radius 1 is 1.13 bits per heavy atom. The predicted octanol–water partition coefficient (Wildman–Crippen LogP) is 1.56. The zero-order valence-electron chi connectivity index (χ0n) is 8.51. The molecule has 78 valence electrons. The van der Waals surface area contributed by atoms with Gasteiger partial charge in [0.15, 0.2) is 0 Å². The van der Waals surface area contributed by atoms with Gasteiger partial charge in [0.1, 0.15) is 5.75 Å². The maximum atomic E-state index is 9.87. The highest BCUT2D eigenvalue weighted by atomic mass is 16.3. The van der Waals surface area contributed by atoms with Crippen molar-refractivity contribution in [1.29, 1.82) is 0 Å². The van der Waals surface area contributed by atoms with Crippen molar-refractivity contribution in [3.63, 3.8) is 0 Å². The van der Waals surface area contributed by atoms with Crippen LogP contribution in [0.15, 0.2) is 18.2 Å². The van der Waals surface area contributed by atoms with Crippen LogP contribution in [0.2, 0.25) is 0 Å². The molecule has 0 bridgehead atoms. The van der Waals surface area contributed by atoms with E-state index in [9.17, 15) is 5.11 Å². The third kappa shape index (κ3) is 1.31. The Bertz CT molecular complexity index is 502. The quantitative estimate of drug-likeness (QED) is 0.607. The number of benzene rings is 1. The third-order valence-electron chi connectivity index (χ3n) is 3.10. The maximum Gasteiger partial charge on any atom is 0.125 e. The van der Waals surface area contributed by atoms with Gasteiger partial charge in [-0.25, -0.2) is 0 Å². The number of nitrogens with one attached hydrogen (secondary N) is 2. The largest absolute Gasteiger partial charge is 0.507 e. The summed E-state index contributed by atoms with van der Waals surface area (Å²) in [6.07, 6.45) is 2.01. The maximum absolute atomic E-state index is 9.87. The van der Waals surface area contributed by atoms with Gasteiger partial charge in [-0.15, -0.1) is 0 Å². The fourth-order valence-corrected chi connectivity index (χ4v) is 2.39. The second kappa shape index (κ2) is 3.28. The van der Waals surface area contributed by atoms with Gasteiger partial charge in [0.25, 0.3) is 0 Å². The van der Waals surface area contributed by atoms with Crippen LogP contribution in [0.5, 0.6) is 5.75 Å². The van der Waals surface area contributed by atoms with Crippen LogP contribution in [-0.4, -0.2) is 23.2 Å². The van der Waals surface area contributed by atoms with Gasteiger partial charge in [-0.1, -0.05) is 6.07 Å². The molecule has 0 radical (unpaired) electrons. The van der Waals surface area contributed by atoms with Crippen molar-refractivity contribution in [3.05, 3.63) is 29.5 Å². The first-order chi connectivity index (χ1) is 7.36. The van der Waals surface area contributed by atoms with E-state index in [0.29, 0.717) is 5.75 Å². The molecular weight excluding hydrogens is 188 g/mol. The molecule has 0 spiro atoms. The molecule has 0 saturated heterocycles. The number of aromatic nitrogens is 1. The van der Waals surface area contributed by atoms with Crippen LogP contribution in [0.4, 0.5) is 0 Å². The lowest BCUT2D eigenvalue weighted by Gasteiger charge is -2.00. The molecule has 1 aliphatic heterocycles. The highest BCUT2D eigenvalue weighted by Gasteiger charge is 2.15. The molecule has 2 aromatic rings. The zero-order chi connectivity index (χ0) is 10.3. The van der Waals surface area contributed by atoms with Gasteiger partial charge < -0.3 is 15.4 Å². The third-order valence-corrected chi connectivity index (χ3v) is 3.10. The number of fused-ring (bicyclic) bond motifs is 3. The number of hydrogen-bond acceptors (Lipinski definition) is 2. The molecular formula is C12H14N2O. The molecule has 1 aromatic carbocycles. The van der Waals surface area contributed by atoms with Crippen molar-refractivity contribution >= 4 is 10.9 Å². The Morgan fingerprint density at radius 2 is 2.00 bits per heavy atom. The van der Waals surface area contributed by atoms with Crippen molar-refractivity contribution in [3.8, 4) is 5.75 Å². The van der Waals surface area contributed by atoms with E-state index in [1.807, 2.05) is 12.1 Å². The summed E-state index contributed by atoms with van der Waals surface area (Å²) in [5.41, 5.74) is 3.62. The summed E-state index contributed by atoms with van der Waals surface area (Å²) in [6.45, 7) is 2.01. The van der Waals surface area contributed by atoms with Crippen molar-refractivity contribution < 1.29 is 5.11 Å². The molecule has 3 rings (SSSR count). The van der Waals surface area contributed by atoms with Gasteiger partial charge in [-0.05, 0) is 30.7 Å². The van der Waals surface area contributed by atoms with Crippen LogP contribution in [-0.2, 0) is 12.8 Å². The number of phenols is 1. The average Bonchev–Trinajstić information content (AvgIpc) is 2.43. The van der Waals surface area contributed by atoms with Crippen LogP contribution in [0.25, 0.3) is 10.9 Å².